The van der Waals surface area contributed by atoms with Crippen LogP contribution in [-0.4, -0.2) is 28.7 Å². The van der Waals surface area contributed by atoms with Crippen LogP contribution < -0.4 is 10.6 Å². The van der Waals surface area contributed by atoms with E-state index in [2.05, 4.69) is 10.6 Å². The molecular formula is C15H23N3O4. The number of urea groups is 1. The number of nitrogens with zero attached hydrogens (tertiary/aromatic N) is 1. The number of non-ortho nitro benzene ring substituents is 1. The Morgan fingerprint density at radius 3 is 2.32 bits per heavy atom. The van der Waals surface area contributed by atoms with E-state index >= 15 is 0 Å². The van der Waals surface area contributed by atoms with Crippen LogP contribution in [0.4, 0.5) is 10.5 Å². The SMILES string of the molecule is CCC(CC)C(O)CNC(=O)NCc1ccc([N+](=O)[O-])cc1. The fraction of sp³-hybridized carbons (Fsp3) is 0.533. The Balaban J connectivity index is 2.35. The first-order chi connectivity index (χ1) is 10.5. The molecule has 3 N–H and O–H groups in total. The van der Waals surface area contributed by atoms with Crippen LogP contribution in [0.2, 0.25) is 0 Å². The first-order valence-corrected chi connectivity index (χ1v) is 7.41. The lowest BCUT2D eigenvalue weighted by molar-refractivity contribution is -0.384. The Morgan fingerprint density at radius 1 is 1.23 bits per heavy atom. The van der Waals surface area contributed by atoms with Gasteiger partial charge in [-0.15, -0.1) is 0 Å². The molecule has 0 heterocycles. The topological polar surface area (TPSA) is 104 Å². The summed E-state index contributed by atoms with van der Waals surface area (Å²) in [5.41, 5.74) is 0.780. The van der Waals surface area contributed by atoms with E-state index in [1.54, 1.807) is 12.1 Å². The molecule has 0 radical (unpaired) electrons. The molecule has 1 rings (SSSR count). The van der Waals surface area contributed by atoms with Crippen molar-refractivity contribution in [3.8, 4) is 0 Å². The van der Waals surface area contributed by atoms with Gasteiger partial charge in [0.25, 0.3) is 5.69 Å². The number of nitro benzene ring substituents is 1. The summed E-state index contributed by atoms with van der Waals surface area (Å²) in [7, 11) is 0. The van der Waals surface area contributed by atoms with Crippen LogP contribution in [0, 0.1) is 16.0 Å². The highest BCUT2D eigenvalue weighted by molar-refractivity contribution is 5.73. The number of aliphatic hydroxyl groups is 1. The molecule has 1 aromatic carbocycles. The van der Waals surface area contributed by atoms with E-state index in [1.807, 2.05) is 13.8 Å². The summed E-state index contributed by atoms with van der Waals surface area (Å²) in [5.74, 6) is 0.176. The largest absolute Gasteiger partial charge is 0.391 e. The molecule has 0 saturated carbocycles. The maximum Gasteiger partial charge on any atom is 0.315 e. The second-order valence-electron chi connectivity index (χ2n) is 5.13. The highest BCUT2D eigenvalue weighted by atomic mass is 16.6. The molecule has 1 atom stereocenters. The summed E-state index contributed by atoms with van der Waals surface area (Å²) in [4.78, 5) is 21.7. The zero-order chi connectivity index (χ0) is 16.5. The van der Waals surface area contributed by atoms with Crippen LogP contribution in [0.5, 0.6) is 0 Å². The van der Waals surface area contributed by atoms with Gasteiger partial charge in [-0.2, -0.15) is 0 Å². The molecule has 0 aliphatic carbocycles. The first kappa shape index (κ1) is 17.9. The van der Waals surface area contributed by atoms with Crippen molar-refractivity contribution in [3.63, 3.8) is 0 Å². The zero-order valence-corrected chi connectivity index (χ0v) is 12.9. The summed E-state index contributed by atoms with van der Waals surface area (Å²) in [6.07, 6.45) is 1.17. The fourth-order valence-corrected chi connectivity index (χ4v) is 2.18. The number of carbonyl (C=O) groups is 1. The van der Waals surface area contributed by atoms with Gasteiger partial charge < -0.3 is 15.7 Å². The predicted molar refractivity (Wildman–Crippen MR) is 83.4 cm³/mol. The molecule has 22 heavy (non-hydrogen) atoms. The van der Waals surface area contributed by atoms with E-state index in [0.29, 0.717) is 0 Å². The second-order valence-corrected chi connectivity index (χ2v) is 5.13. The van der Waals surface area contributed by atoms with E-state index in [-0.39, 0.29) is 30.7 Å². The number of carbonyl (C=O) groups excluding carboxylic acids is 1. The number of nitrogens with one attached hydrogen (secondary N) is 2. The maximum absolute atomic E-state index is 11.7. The van der Waals surface area contributed by atoms with E-state index in [9.17, 15) is 20.0 Å². The average Bonchev–Trinajstić information content (AvgIpc) is 2.52. The lowest BCUT2D eigenvalue weighted by atomic mass is 9.97. The van der Waals surface area contributed by atoms with Crippen molar-refractivity contribution in [1.82, 2.24) is 10.6 Å². The standard InChI is InChI=1S/C15H23N3O4/c1-3-12(4-2)14(19)10-17-15(20)16-9-11-5-7-13(8-6-11)18(21)22/h5-8,12,14,19H,3-4,9-10H2,1-2H3,(H2,16,17,20). The summed E-state index contributed by atoms with van der Waals surface area (Å²) < 4.78 is 0. The van der Waals surface area contributed by atoms with Crippen LogP contribution in [0.25, 0.3) is 0 Å². The third-order valence-corrected chi connectivity index (χ3v) is 3.66. The molecule has 1 unspecified atom stereocenters. The highest BCUT2D eigenvalue weighted by Gasteiger charge is 2.16. The van der Waals surface area contributed by atoms with Crippen molar-refractivity contribution in [2.24, 2.45) is 5.92 Å². The Morgan fingerprint density at radius 2 is 1.82 bits per heavy atom. The summed E-state index contributed by atoms with van der Waals surface area (Å²) in [6.45, 7) is 4.49. The maximum atomic E-state index is 11.7. The van der Waals surface area contributed by atoms with Gasteiger partial charge in [-0.25, -0.2) is 4.79 Å². The number of nitro groups is 1. The fourth-order valence-electron chi connectivity index (χ4n) is 2.18. The third kappa shape index (κ3) is 5.69. The Labute approximate surface area is 129 Å². The number of hydrogen-bond donors (Lipinski definition) is 3. The van der Waals surface area contributed by atoms with E-state index in [0.717, 1.165) is 18.4 Å². The molecular weight excluding hydrogens is 286 g/mol. The number of hydrogen-bond acceptors (Lipinski definition) is 4. The zero-order valence-electron chi connectivity index (χ0n) is 12.9. The molecule has 1 aromatic rings. The average molecular weight is 309 g/mol. The van der Waals surface area contributed by atoms with Crippen molar-refractivity contribution < 1.29 is 14.8 Å². The number of rotatable bonds is 8. The molecule has 2 amide bonds. The summed E-state index contributed by atoms with van der Waals surface area (Å²) in [5, 5.41) is 25.7. The first-order valence-electron chi connectivity index (χ1n) is 7.41. The molecule has 7 nitrogen and oxygen atoms in total. The monoisotopic (exact) mass is 309 g/mol. The number of aliphatic hydroxyl groups excluding tert-OH is 1. The van der Waals surface area contributed by atoms with Crippen LogP contribution in [0.15, 0.2) is 24.3 Å². The highest BCUT2D eigenvalue weighted by Crippen LogP contribution is 2.12. The van der Waals surface area contributed by atoms with Gasteiger partial charge in [0.05, 0.1) is 11.0 Å². The van der Waals surface area contributed by atoms with Gasteiger partial charge in [-0.3, -0.25) is 10.1 Å². The summed E-state index contributed by atoms with van der Waals surface area (Å²) >= 11 is 0. The lowest BCUT2D eigenvalue weighted by Gasteiger charge is -2.20. The van der Waals surface area contributed by atoms with Crippen molar-refractivity contribution in [1.29, 1.82) is 0 Å². The smallest absolute Gasteiger partial charge is 0.315 e. The number of benzene rings is 1. The quantitative estimate of drug-likeness (QED) is 0.505. The Bertz CT molecular complexity index is 486. The number of amides is 2. The normalized spacial score (nSPS) is 12.0. The van der Waals surface area contributed by atoms with Crippen molar-refractivity contribution >= 4 is 11.7 Å². The molecule has 0 aliphatic heterocycles. The van der Waals surface area contributed by atoms with Gasteiger partial charge >= 0.3 is 6.03 Å². The molecule has 0 bridgehead atoms. The lowest BCUT2D eigenvalue weighted by Crippen LogP contribution is -2.41. The van der Waals surface area contributed by atoms with Gasteiger partial charge in [0.15, 0.2) is 0 Å². The van der Waals surface area contributed by atoms with E-state index in [4.69, 9.17) is 0 Å². The minimum absolute atomic E-state index is 0.0153. The second kappa shape index (κ2) is 8.99. The minimum Gasteiger partial charge on any atom is -0.391 e. The van der Waals surface area contributed by atoms with Crippen molar-refractivity contribution in [2.45, 2.75) is 39.3 Å². The van der Waals surface area contributed by atoms with Gasteiger partial charge in [0.1, 0.15) is 0 Å². The van der Waals surface area contributed by atoms with Gasteiger partial charge in [-0.05, 0) is 11.5 Å². The van der Waals surface area contributed by atoms with Crippen LogP contribution >= 0.6 is 0 Å². The molecule has 7 heteroatoms. The molecule has 0 aliphatic rings. The predicted octanol–water partition coefficient (Wildman–Crippen LogP) is 2.19. The van der Waals surface area contributed by atoms with Crippen LogP contribution in [-0.2, 0) is 6.54 Å². The molecule has 122 valence electrons. The van der Waals surface area contributed by atoms with Gasteiger partial charge in [0.2, 0.25) is 0 Å². The van der Waals surface area contributed by atoms with Crippen LogP contribution in [0.1, 0.15) is 32.3 Å². The minimum atomic E-state index is -0.555. The molecule has 0 saturated heterocycles. The molecule has 0 aromatic heterocycles. The summed E-state index contributed by atoms with van der Waals surface area (Å²) in [6, 6.07) is 5.61. The van der Waals surface area contributed by atoms with Gasteiger partial charge in [0, 0.05) is 25.2 Å². The third-order valence-electron chi connectivity index (χ3n) is 3.66. The van der Waals surface area contributed by atoms with Crippen molar-refractivity contribution in [2.75, 3.05) is 6.54 Å². The van der Waals surface area contributed by atoms with E-state index < -0.39 is 11.0 Å². The Kier molecular flexibility index (Phi) is 7.31. The van der Waals surface area contributed by atoms with Crippen LogP contribution in [0.3, 0.4) is 0 Å². The molecule has 0 spiro atoms. The van der Waals surface area contributed by atoms with E-state index in [1.165, 1.54) is 12.1 Å². The molecule has 0 fully saturated rings. The van der Waals surface area contributed by atoms with Crippen molar-refractivity contribution in [3.05, 3.63) is 39.9 Å². The van der Waals surface area contributed by atoms with Gasteiger partial charge in [-0.1, -0.05) is 38.8 Å². The Hall–Kier alpha value is -2.15.